The molecule has 0 aliphatic heterocycles. The molecule has 8 nitrogen and oxygen atoms in total. The molecule has 1 heterocycles. The third-order valence-electron chi connectivity index (χ3n) is 4.48. The molecule has 0 radical (unpaired) electrons. The Kier molecular flexibility index (Phi) is 6.53. The number of benzene rings is 1. The lowest BCUT2D eigenvalue weighted by molar-refractivity contribution is -0.121. The zero-order valence-corrected chi connectivity index (χ0v) is 17.5. The molecule has 28 heavy (non-hydrogen) atoms. The Morgan fingerprint density at radius 2 is 1.82 bits per heavy atom. The zero-order valence-electron chi connectivity index (χ0n) is 15.0. The van der Waals surface area contributed by atoms with E-state index in [0.717, 1.165) is 31.2 Å². The third-order valence-corrected chi connectivity index (χ3v) is 6.40. The number of halogens is 1. The largest absolute Gasteiger partial charge is 0.356 e. The number of hydrogen-bond donors (Lipinski definition) is 4. The van der Waals surface area contributed by atoms with Crippen molar-refractivity contribution in [1.29, 1.82) is 0 Å². The number of nitrogens with one attached hydrogen (secondary N) is 4. The lowest BCUT2D eigenvalue weighted by Gasteiger charge is -2.16. The lowest BCUT2D eigenvalue weighted by Crippen LogP contribution is -2.42. The van der Waals surface area contributed by atoms with Gasteiger partial charge in [0.15, 0.2) is 0 Å². The predicted molar refractivity (Wildman–Crippen MR) is 107 cm³/mol. The maximum atomic E-state index is 12.4. The van der Waals surface area contributed by atoms with E-state index in [2.05, 4.69) is 36.5 Å². The number of fused-ring (bicyclic) bond motifs is 1. The number of aromatic nitrogens is 1. The van der Waals surface area contributed by atoms with Crippen molar-refractivity contribution in [2.75, 3.05) is 6.54 Å². The van der Waals surface area contributed by atoms with Crippen LogP contribution in [0.25, 0.3) is 0 Å². The van der Waals surface area contributed by atoms with Gasteiger partial charge in [0.1, 0.15) is 5.69 Å². The van der Waals surface area contributed by atoms with E-state index in [1.165, 1.54) is 5.56 Å². The molecule has 0 atom stereocenters. The maximum Gasteiger partial charge on any atom is 0.286 e. The van der Waals surface area contributed by atoms with E-state index in [0.29, 0.717) is 4.47 Å². The maximum absolute atomic E-state index is 12.4. The average Bonchev–Trinajstić information content (AvgIpc) is 3.12. The number of amides is 2. The minimum Gasteiger partial charge on any atom is -0.356 e. The summed E-state index contributed by atoms with van der Waals surface area (Å²) >= 11 is 3.21. The molecule has 1 aromatic carbocycles. The van der Waals surface area contributed by atoms with E-state index in [1.807, 2.05) is 6.07 Å². The first kappa shape index (κ1) is 20.6. The highest BCUT2D eigenvalue weighted by molar-refractivity contribution is 9.10. The molecule has 0 bridgehead atoms. The SMILES string of the molecule is O=C(CCNS(=O)(=O)c1ccc2c(c1)CCCC2)NNC(=O)c1cc(Br)c[nH]1. The monoisotopic (exact) mass is 468 g/mol. The number of carbonyl (C=O) groups is 2. The van der Waals surface area contributed by atoms with E-state index in [1.54, 1.807) is 24.4 Å². The van der Waals surface area contributed by atoms with Crippen LogP contribution in [0.2, 0.25) is 0 Å². The van der Waals surface area contributed by atoms with Gasteiger partial charge in [-0.2, -0.15) is 0 Å². The van der Waals surface area contributed by atoms with Gasteiger partial charge in [-0.05, 0) is 70.9 Å². The number of aromatic amines is 1. The number of H-pyrrole nitrogens is 1. The summed E-state index contributed by atoms with van der Waals surface area (Å²) in [6, 6.07) is 6.74. The van der Waals surface area contributed by atoms with Crippen LogP contribution in [0.1, 0.15) is 40.9 Å². The Bertz CT molecular complexity index is 987. The van der Waals surface area contributed by atoms with Crippen LogP contribution in [0.3, 0.4) is 0 Å². The molecule has 1 aliphatic carbocycles. The van der Waals surface area contributed by atoms with Crippen molar-refractivity contribution in [2.24, 2.45) is 0 Å². The molecule has 3 rings (SSSR count). The van der Waals surface area contributed by atoms with Crippen molar-refractivity contribution in [1.82, 2.24) is 20.6 Å². The van der Waals surface area contributed by atoms with Crippen LogP contribution in [0, 0.1) is 0 Å². The number of rotatable bonds is 6. The van der Waals surface area contributed by atoms with E-state index < -0.39 is 21.8 Å². The average molecular weight is 469 g/mol. The molecule has 0 spiro atoms. The highest BCUT2D eigenvalue weighted by atomic mass is 79.9. The van der Waals surface area contributed by atoms with Crippen molar-refractivity contribution in [3.05, 3.63) is 51.8 Å². The second-order valence-corrected chi connectivity index (χ2v) is 9.20. The van der Waals surface area contributed by atoms with Crippen LogP contribution in [0.15, 0.2) is 39.8 Å². The van der Waals surface area contributed by atoms with Crippen LogP contribution in [-0.4, -0.2) is 31.8 Å². The predicted octanol–water partition coefficient (Wildman–Crippen LogP) is 1.79. The number of hydrazine groups is 1. The molecule has 0 saturated carbocycles. The Morgan fingerprint density at radius 3 is 2.54 bits per heavy atom. The topological polar surface area (TPSA) is 120 Å². The molecule has 1 aromatic heterocycles. The summed E-state index contributed by atoms with van der Waals surface area (Å²) < 4.78 is 28.0. The summed E-state index contributed by atoms with van der Waals surface area (Å²) in [5.74, 6) is -1.01. The van der Waals surface area contributed by atoms with Crippen molar-refractivity contribution in [3.8, 4) is 0 Å². The van der Waals surface area contributed by atoms with E-state index >= 15 is 0 Å². The number of carbonyl (C=O) groups excluding carboxylic acids is 2. The molecule has 150 valence electrons. The van der Waals surface area contributed by atoms with Gasteiger partial charge >= 0.3 is 0 Å². The standard InChI is InChI=1S/C18H21BrN4O4S/c19-14-10-16(20-11-14)18(25)23-22-17(24)7-8-21-28(26,27)15-6-5-12-3-1-2-4-13(12)9-15/h5-6,9-11,20-21H,1-4,7-8H2,(H,22,24)(H,23,25). The van der Waals surface area contributed by atoms with Crippen LogP contribution in [0.4, 0.5) is 0 Å². The van der Waals surface area contributed by atoms with Crippen molar-refractivity contribution >= 4 is 37.8 Å². The minimum absolute atomic E-state index is 0.0742. The molecule has 2 aromatic rings. The fourth-order valence-electron chi connectivity index (χ4n) is 3.01. The van der Waals surface area contributed by atoms with Crippen molar-refractivity contribution < 1.29 is 18.0 Å². The first-order valence-electron chi connectivity index (χ1n) is 8.90. The van der Waals surface area contributed by atoms with Gasteiger partial charge in [0.05, 0.1) is 4.90 Å². The van der Waals surface area contributed by atoms with Gasteiger partial charge in [0.2, 0.25) is 15.9 Å². The summed E-state index contributed by atoms with van der Waals surface area (Å²) in [7, 11) is -3.69. The van der Waals surface area contributed by atoms with Gasteiger partial charge in [0, 0.05) is 23.6 Å². The molecule has 4 N–H and O–H groups in total. The smallest absolute Gasteiger partial charge is 0.286 e. The second-order valence-electron chi connectivity index (χ2n) is 6.52. The summed E-state index contributed by atoms with van der Waals surface area (Å²) in [6.45, 7) is -0.0742. The third kappa shape index (κ3) is 5.21. The highest BCUT2D eigenvalue weighted by Gasteiger charge is 2.18. The normalized spacial score (nSPS) is 13.6. The van der Waals surface area contributed by atoms with E-state index in [-0.39, 0.29) is 23.6 Å². The van der Waals surface area contributed by atoms with Crippen molar-refractivity contribution in [2.45, 2.75) is 37.0 Å². The molecular weight excluding hydrogens is 448 g/mol. The first-order valence-corrected chi connectivity index (χ1v) is 11.2. The van der Waals surface area contributed by atoms with Gasteiger partial charge < -0.3 is 4.98 Å². The quantitative estimate of drug-likeness (QED) is 0.482. The number of hydrogen-bond acceptors (Lipinski definition) is 4. The van der Waals surface area contributed by atoms with E-state index in [4.69, 9.17) is 0 Å². The van der Waals surface area contributed by atoms with Gasteiger partial charge in [-0.3, -0.25) is 20.4 Å². The molecule has 0 unspecified atom stereocenters. The fourth-order valence-corrected chi connectivity index (χ4v) is 4.44. The highest BCUT2D eigenvalue weighted by Crippen LogP contribution is 2.24. The molecule has 0 fully saturated rings. The van der Waals surface area contributed by atoms with Gasteiger partial charge in [0.25, 0.3) is 5.91 Å². The van der Waals surface area contributed by atoms with Crippen molar-refractivity contribution in [3.63, 3.8) is 0 Å². The summed E-state index contributed by atoms with van der Waals surface area (Å²) in [5, 5.41) is 0. The Balaban J connectivity index is 1.47. The van der Waals surface area contributed by atoms with Crippen LogP contribution < -0.4 is 15.6 Å². The van der Waals surface area contributed by atoms with Crippen LogP contribution in [0.5, 0.6) is 0 Å². The van der Waals surface area contributed by atoms with Gasteiger partial charge in [-0.25, -0.2) is 13.1 Å². The summed E-state index contributed by atoms with van der Waals surface area (Å²) in [5.41, 5.74) is 7.06. The number of sulfonamides is 1. The Labute approximate surface area is 171 Å². The van der Waals surface area contributed by atoms with E-state index in [9.17, 15) is 18.0 Å². The molecule has 1 aliphatic rings. The van der Waals surface area contributed by atoms with Crippen LogP contribution >= 0.6 is 15.9 Å². The number of aryl methyl sites for hydroxylation is 2. The molecule has 2 amide bonds. The van der Waals surface area contributed by atoms with Gasteiger partial charge in [-0.15, -0.1) is 0 Å². The Morgan fingerprint density at radius 1 is 1.07 bits per heavy atom. The molecule has 10 heteroatoms. The second kappa shape index (κ2) is 8.89. The zero-order chi connectivity index (χ0) is 20.1. The first-order chi connectivity index (χ1) is 13.3. The molecular formula is C18H21BrN4O4S. The summed E-state index contributed by atoms with van der Waals surface area (Å²) in [6.07, 6.45) is 5.54. The molecule has 0 saturated heterocycles. The minimum atomic E-state index is -3.69. The fraction of sp³-hybridized carbons (Fsp3) is 0.333. The van der Waals surface area contributed by atoms with Gasteiger partial charge in [-0.1, -0.05) is 6.07 Å². The Hall–Kier alpha value is -2.17. The van der Waals surface area contributed by atoms with Crippen LogP contribution in [-0.2, 0) is 27.7 Å². The summed E-state index contributed by atoms with van der Waals surface area (Å²) in [4.78, 5) is 26.6. The lowest BCUT2D eigenvalue weighted by atomic mass is 9.92.